The van der Waals surface area contributed by atoms with Crippen molar-refractivity contribution in [3.8, 4) is 11.5 Å². The summed E-state index contributed by atoms with van der Waals surface area (Å²) in [7, 11) is 3.31. The molecule has 1 N–H and O–H groups in total. The number of carboxylic acid groups (broad SMARTS) is 1. The van der Waals surface area contributed by atoms with Crippen LogP contribution in [0.4, 0.5) is 0 Å². The molecule has 1 saturated heterocycles. The highest BCUT2D eigenvalue weighted by molar-refractivity contribution is 7.98. The number of hydrogen-bond acceptors (Lipinski definition) is 5. The minimum absolute atomic E-state index is 0.0943. The van der Waals surface area contributed by atoms with Gasteiger partial charge < -0.3 is 14.6 Å². The highest BCUT2D eigenvalue weighted by Gasteiger charge is 2.32. The third-order valence-corrected chi connectivity index (χ3v) is 6.07. The molecule has 0 radical (unpaired) electrons. The molecule has 150 valence electrons. The van der Waals surface area contributed by atoms with Crippen molar-refractivity contribution in [2.45, 2.75) is 23.8 Å². The molecular weight excluding hydrogens is 374 g/mol. The Morgan fingerprint density at radius 2 is 1.93 bits per heavy atom. The Balaban J connectivity index is 2.07. The molecule has 2 aromatic rings. The van der Waals surface area contributed by atoms with Crippen LogP contribution in [0.1, 0.15) is 30.0 Å². The molecule has 1 aliphatic rings. The number of nitrogens with zero attached hydrogens (tertiary/aromatic N) is 1. The summed E-state index contributed by atoms with van der Waals surface area (Å²) in [5.41, 5.74) is 2.11. The number of likely N-dealkylation sites (tertiary alicyclic amines) is 1. The van der Waals surface area contributed by atoms with Crippen molar-refractivity contribution in [1.29, 1.82) is 0 Å². The number of ether oxygens (including phenoxy) is 2. The van der Waals surface area contributed by atoms with E-state index < -0.39 is 5.97 Å². The van der Waals surface area contributed by atoms with Gasteiger partial charge in [0.25, 0.3) is 0 Å². The van der Waals surface area contributed by atoms with Gasteiger partial charge in [0.05, 0.1) is 26.2 Å². The lowest BCUT2D eigenvalue weighted by molar-refractivity contribution is -0.143. The zero-order valence-corrected chi connectivity index (χ0v) is 17.4. The molecule has 6 heteroatoms. The van der Waals surface area contributed by atoms with Crippen molar-refractivity contribution in [2.75, 3.05) is 33.6 Å². The van der Waals surface area contributed by atoms with Crippen LogP contribution >= 0.6 is 11.8 Å². The Kier molecular flexibility index (Phi) is 6.86. The van der Waals surface area contributed by atoms with E-state index in [1.807, 2.05) is 18.2 Å². The number of benzene rings is 2. The van der Waals surface area contributed by atoms with Gasteiger partial charge in [-0.1, -0.05) is 12.1 Å². The molecule has 0 bridgehead atoms. The van der Waals surface area contributed by atoms with E-state index in [4.69, 9.17) is 9.47 Å². The van der Waals surface area contributed by atoms with Crippen molar-refractivity contribution in [1.82, 2.24) is 4.90 Å². The Morgan fingerprint density at radius 1 is 1.18 bits per heavy atom. The number of carboxylic acids is 1. The molecule has 5 nitrogen and oxygen atoms in total. The van der Waals surface area contributed by atoms with E-state index in [1.165, 1.54) is 4.90 Å². The van der Waals surface area contributed by atoms with Gasteiger partial charge in [-0.05, 0) is 61.5 Å². The molecule has 2 atom stereocenters. The maximum atomic E-state index is 11.6. The average molecular weight is 402 g/mol. The molecule has 3 rings (SSSR count). The molecule has 2 aromatic carbocycles. The van der Waals surface area contributed by atoms with Crippen LogP contribution in [-0.4, -0.2) is 49.5 Å². The van der Waals surface area contributed by atoms with Gasteiger partial charge in [-0.15, -0.1) is 11.8 Å². The van der Waals surface area contributed by atoms with E-state index in [0.29, 0.717) is 6.54 Å². The Hall–Kier alpha value is -2.18. The fourth-order valence-electron chi connectivity index (χ4n) is 3.87. The van der Waals surface area contributed by atoms with E-state index >= 15 is 0 Å². The van der Waals surface area contributed by atoms with E-state index in [9.17, 15) is 9.90 Å². The smallest absolute Gasteiger partial charge is 0.307 e. The molecule has 28 heavy (non-hydrogen) atoms. The largest absolute Gasteiger partial charge is 0.497 e. The van der Waals surface area contributed by atoms with Crippen LogP contribution in [0.15, 0.2) is 47.4 Å². The maximum Gasteiger partial charge on any atom is 0.307 e. The lowest BCUT2D eigenvalue weighted by Gasteiger charge is -2.38. The van der Waals surface area contributed by atoms with Gasteiger partial charge in [0.1, 0.15) is 11.5 Å². The number of aliphatic carboxylic acids is 1. The molecule has 1 heterocycles. The van der Waals surface area contributed by atoms with Crippen LogP contribution < -0.4 is 9.47 Å². The maximum absolute atomic E-state index is 11.6. The zero-order chi connectivity index (χ0) is 20.1. The van der Waals surface area contributed by atoms with Crippen LogP contribution in [0.2, 0.25) is 0 Å². The first-order valence-electron chi connectivity index (χ1n) is 9.40. The zero-order valence-electron chi connectivity index (χ0n) is 16.6. The van der Waals surface area contributed by atoms with E-state index in [1.54, 1.807) is 26.0 Å². The standard InChI is InChI=1S/C22H27NO4S/c1-26-17-8-11-20(27-2)19(13-17)21(15-6-9-18(28-3)10-7-15)23-12-4-5-16(14-23)22(24)25/h6-11,13,16,21H,4-5,12,14H2,1-3H3,(H,24,25). The molecule has 0 spiro atoms. The van der Waals surface area contributed by atoms with Gasteiger partial charge in [-0.25, -0.2) is 0 Å². The van der Waals surface area contributed by atoms with Gasteiger partial charge in [-0.3, -0.25) is 9.69 Å². The Morgan fingerprint density at radius 3 is 2.54 bits per heavy atom. The normalized spacial score (nSPS) is 18.5. The van der Waals surface area contributed by atoms with E-state index in [-0.39, 0.29) is 12.0 Å². The summed E-state index contributed by atoms with van der Waals surface area (Å²) in [4.78, 5) is 15.1. The average Bonchev–Trinajstić information content (AvgIpc) is 2.74. The summed E-state index contributed by atoms with van der Waals surface area (Å²) in [6, 6.07) is 14.2. The van der Waals surface area contributed by atoms with Crippen LogP contribution in [0.3, 0.4) is 0 Å². The lowest BCUT2D eigenvalue weighted by atomic mass is 9.91. The predicted molar refractivity (Wildman–Crippen MR) is 112 cm³/mol. The first kappa shape index (κ1) is 20.6. The minimum Gasteiger partial charge on any atom is -0.497 e. The molecular formula is C22H27NO4S. The monoisotopic (exact) mass is 401 g/mol. The van der Waals surface area contributed by atoms with Gasteiger partial charge in [-0.2, -0.15) is 0 Å². The SMILES string of the molecule is COc1ccc(OC)c(C(c2ccc(SC)cc2)N2CCCC(C(=O)O)C2)c1. The summed E-state index contributed by atoms with van der Waals surface area (Å²) < 4.78 is 11.1. The highest BCUT2D eigenvalue weighted by atomic mass is 32.2. The van der Waals surface area contributed by atoms with Gasteiger partial charge in [0.15, 0.2) is 0 Å². The van der Waals surface area contributed by atoms with Crippen LogP contribution in [0.25, 0.3) is 0 Å². The van der Waals surface area contributed by atoms with Crippen LogP contribution in [0.5, 0.6) is 11.5 Å². The molecule has 2 unspecified atom stereocenters. The van der Waals surface area contributed by atoms with Crippen LogP contribution in [-0.2, 0) is 4.79 Å². The van der Waals surface area contributed by atoms with Crippen molar-refractivity contribution in [3.05, 3.63) is 53.6 Å². The number of hydrogen-bond donors (Lipinski definition) is 1. The van der Waals surface area contributed by atoms with E-state index in [2.05, 4.69) is 35.4 Å². The fraction of sp³-hybridized carbons (Fsp3) is 0.409. The first-order chi connectivity index (χ1) is 13.6. The van der Waals surface area contributed by atoms with E-state index in [0.717, 1.165) is 42.0 Å². The minimum atomic E-state index is -0.723. The lowest BCUT2D eigenvalue weighted by Crippen LogP contribution is -2.41. The quantitative estimate of drug-likeness (QED) is 0.698. The summed E-state index contributed by atoms with van der Waals surface area (Å²) >= 11 is 1.70. The second-order valence-electron chi connectivity index (χ2n) is 6.96. The Labute approximate surface area is 170 Å². The molecule has 1 aliphatic heterocycles. The molecule has 1 fully saturated rings. The number of rotatable bonds is 7. The summed E-state index contributed by atoms with van der Waals surface area (Å²) in [6.45, 7) is 1.36. The van der Waals surface area contributed by atoms with Crippen LogP contribution in [0, 0.1) is 5.92 Å². The first-order valence-corrected chi connectivity index (χ1v) is 10.6. The van der Waals surface area contributed by atoms with Gasteiger partial charge in [0, 0.05) is 17.0 Å². The third kappa shape index (κ3) is 4.45. The number of carbonyl (C=O) groups is 1. The fourth-order valence-corrected chi connectivity index (χ4v) is 4.28. The van der Waals surface area contributed by atoms with Crippen molar-refractivity contribution >= 4 is 17.7 Å². The van der Waals surface area contributed by atoms with Crippen molar-refractivity contribution < 1.29 is 19.4 Å². The summed E-state index contributed by atoms with van der Waals surface area (Å²) in [5.74, 6) is 0.461. The Bertz CT molecular complexity index is 809. The number of piperidine rings is 1. The van der Waals surface area contributed by atoms with Crippen molar-refractivity contribution in [2.24, 2.45) is 5.92 Å². The van der Waals surface area contributed by atoms with Gasteiger partial charge in [0.2, 0.25) is 0 Å². The highest BCUT2D eigenvalue weighted by Crippen LogP contribution is 2.39. The second-order valence-corrected chi connectivity index (χ2v) is 7.84. The third-order valence-electron chi connectivity index (χ3n) is 5.33. The topological polar surface area (TPSA) is 59.0 Å². The molecule has 0 aliphatic carbocycles. The summed E-state index contributed by atoms with van der Waals surface area (Å²) in [5, 5.41) is 9.56. The molecule has 0 aromatic heterocycles. The second kappa shape index (κ2) is 9.34. The number of thioether (sulfide) groups is 1. The van der Waals surface area contributed by atoms with Gasteiger partial charge >= 0.3 is 5.97 Å². The predicted octanol–water partition coefficient (Wildman–Crippen LogP) is 4.31. The molecule has 0 amide bonds. The van der Waals surface area contributed by atoms with Crippen molar-refractivity contribution in [3.63, 3.8) is 0 Å². The number of methoxy groups -OCH3 is 2. The molecule has 0 saturated carbocycles. The summed E-state index contributed by atoms with van der Waals surface area (Å²) in [6.07, 6.45) is 3.64.